The van der Waals surface area contributed by atoms with Gasteiger partial charge >= 0.3 is 0 Å². The van der Waals surface area contributed by atoms with Crippen LogP contribution in [0.5, 0.6) is 5.75 Å². The molecule has 2 heteroatoms. The molecule has 0 atom stereocenters. The molecule has 1 rings (SSSR count). The van der Waals surface area contributed by atoms with Crippen molar-refractivity contribution in [2.45, 2.75) is 19.8 Å². The van der Waals surface area contributed by atoms with E-state index < -0.39 is 0 Å². The summed E-state index contributed by atoms with van der Waals surface area (Å²) in [6, 6.07) is 6.38. The Labute approximate surface area is 83.9 Å². The maximum absolute atomic E-state index is 13.0. The molecule has 0 amide bonds. The molecule has 1 aromatic carbocycles. The highest BCUT2D eigenvalue weighted by atomic mass is 19.1. The van der Waals surface area contributed by atoms with Crippen molar-refractivity contribution in [1.82, 2.24) is 0 Å². The van der Waals surface area contributed by atoms with Gasteiger partial charge in [-0.05, 0) is 12.1 Å². The Morgan fingerprint density at radius 3 is 2.79 bits per heavy atom. The second kappa shape index (κ2) is 6.04. The SMILES string of the molecule is CCC#CCCOc1ccccc1F. The third-order valence-electron chi connectivity index (χ3n) is 1.62. The van der Waals surface area contributed by atoms with Crippen molar-refractivity contribution in [3.8, 4) is 17.6 Å². The van der Waals surface area contributed by atoms with Crippen LogP contribution in [-0.2, 0) is 0 Å². The van der Waals surface area contributed by atoms with Crippen LogP contribution < -0.4 is 4.74 Å². The predicted octanol–water partition coefficient (Wildman–Crippen LogP) is 3.01. The molecule has 0 aliphatic heterocycles. The summed E-state index contributed by atoms with van der Waals surface area (Å²) in [6.07, 6.45) is 1.49. The Bertz CT molecular complexity index is 336. The number of para-hydroxylation sites is 1. The van der Waals surface area contributed by atoms with Gasteiger partial charge in [0.2, 0.25) is 0 Å². The number of hydrogen-bond donors (Lipinski definition) is 0. The molecule has 0 spiro atoms. The summed E-state index contributed by atoms with van der Waals surface area (Å²) in [5.74, 6) is 5.83. The second-order valence-corrected chi connectivity index (χ2v) is 2.74. The monoisotopic (exact) mass is 192 g/mol. The molecule has 0 unspecified atom stereocenters. The summed E-state index contributed by atoms with van der Waals surface area (Å²) in [4.78, 5) is 0. The summed E-state index contributed by atoms with van der Waals surface area (Å²) in [7, 11) is 0. The van der Waals surface area contributed by atoms with Crippen molar-refractivity contribution in [2.75, 3.05) is 6.61 Å². The molecule has 74 valence electrons. The molecule has 0 heterocycles. The van der Waals surface area contributed by atoms with Crippen LogP contribution in [0.4, 0.5) is 4.39 Å². The van der Waals surface area contributed by atoms with E-state index in [0.29, 0.717) is 18.8 Å². The van der Waals surface area contributed by atoms with Gasteiger partial charge in [-0.2, -0.15) is 0 Å². The van der Waals surface area contributed by atoms with E-state index in [1.807, 2.05) is 6.92 Å². The molecule has 0 bridgehead atoms. The minimum absolute atomic E-state index is 0.297. The summed E-state index contributed by atoms with van der Waals surface area (Å²) >= 11 is 0. The number of benzene rings is 1. The molecule has 0 saturated carbocycles. The second-order valence-electron chi connectivity index (χ2n) is 2.74. The first kappa shape index (κ1) is 10.6. The molecule has 0 fully saturated rings. The summed E-state index contributed by atoms with van der Waals surface area (Å²) in [6.45, 7) is 2.43. The van der Waals surface area contributed by atoms with E-state index >= 15 is 0 Å². The Balaban J connectivity index is 2.35. The van der Waals surface area contributed by atoms with Crippen LogP contribution in [0.2, 0.25) is 0 Å². The highest BCUT2D eigenvalue weighted by Crippen LogP contribution is 2.15. The van der Waals surface area contributed by atoms with Crippen molar-refractivity contribution in [3.63, 3.8) is 0 Å². The van der Waals surface area contributed by atoms with Crippen molar-refractivity contribution < 1.29 is 9.13 Å². The largest absolute Gasteiger partial charge is 0.490 e. The van der Waals surface area contributed by atoms with E-state index in [1.165, 1.54) is 6.07 Å². The lowest BCUT2D eigenvalue weighted by atomic mass is 10.3. The number of rotatable bonds is 3. The highest BCUT2D eigenvalue weighted by Gasteiger charge is 1.99. The topological polar surface area (TPSA) is 9.23 Å². The van der Waals surface area contributed by atoms with E-state index in [9.17, 15) is 4.39 Å². The fraction of sp³-hybridized carbons (Fsp3) is 0.333. The Morgan fingerprint density at radius 2 is 2.07 bits per heavy atom. The van der Waals surface area contributed by atoms with Crippen molar-refractivity contribution in [3.05, 3.63) is 30.1 Å². The summed E-state index contributed by atoms with van der Waals surface area (Å²) in [5.41, 5.74) is 0. The minimum atomic E-state index is -0.323. The first-order valence-electron chi connectivity index (χ1n) is 4.67. The van der Waals surface area contributed by atoms with Gasteiger partial charge in [0.25, 0.3) is 0 Å². The molecule has 1 aromatic rings. The van der Waals surface area contributed by atoms with Crippen LogP contribution in [0.3, 0.4) is 0 Å². The third-order valence-corrected chi connectivity index (χ3v) is 1.62. The van der Waals surface area contributed by atoms with Crippen molar-refractivity contribution in [2.24, 2.45) is 0 Å². The lowest BCUT2D eigenvalue weighted by molar-refractivity contribution is 0.310. The maximum Gasteiger partial charge on any atom is 0.165 e. The zero-order chi connectivity index (χ0) is 10.2. The van der Waals surface area contributed by atoms with E-state index in [4.69, 9.17) is 4.74 Å². The zero-order valence-electron chi connectivity index (χ0n) is 8.22. The van der Waals surface area contributed by atoms with Crippen LogP contribution in [0.25, 0.3) is 0 Å². The van der Waals surface area contributed by atoms with Crippen LogP contribution in [0.15, 0.2) is 24.3 Å². The van der Waals surface area contributed by atoms with Gasteiger partial charge in [0.15, 0.2) is 11.6 Å². The van der Waals surface area contributed by atoms with Gasteiger partial charge in [0.05, 0.1) is 6.61 Å². The number of ether oxygens (including phenoxy) is 1. The fourth-order valence-corrected chi connectivity index (χ4v) is 0.987. The smallest absolute Gasteiger partial charge is 0.165 e. The maximum atomic E-state index is 13.0. The Morgan fingerprint density at radius 1 is 1.29 bits per heavy atom. The highest BCUT2D eigenvalue weighted by molar-refractivity contribution is 5.23. The summed E-state index contributed by atoms with van der Waals surface area (Å²) in [5, 5.41) is 0. The summed E-state index contributed by atoms with van der Waals surface area (Å²) < 4.78 is 18.2. The molecule has 0 aliphatic carbocycles. The Hall–Kier alpha value is -1.49. The first-order chi connectivity index (χ1) is 6.84. The lowest BCUT2D eigenvalue weighted by Crippen LogP contribution is -1.97. The molecule has 0 aliphatic rings. The lowest BCUT2D eigenvalue weighted by Gasteiger charge is -2.03. The molecule has 0 radical (unpaired) electrons. The molecule has 0 saturated heterocycles. The van der Waals surface area contributed by atoms with Gasteiger partial charge in [-0.1, -0.05) is 25.0 Å². The molecule has 0 N–H and O–H groups in total. The predicted molar refractivity (Wildman–Crippen MR) is 54.6 cm³/mol. The molecule has 1 nitrogen and oxygen atoms in total. The van der Waals surface area contributed by atoms with E-state index in [2.05, 4.69) is 11.8 Å². The molecular formula is C12H13FO. The van der Waals surface area contributed by atoms with Gasteiger partial charge in [-0.15, -0.1) is 5.92 Å². The van der Waals surface area contributed by atoms with Gasteiger partial charge in [-0.3, -0.25) is 0 Å². The number of hydrogen-bond acceptors (Lipinski definition) is 1. The van der Waals surface area contributed by atoms with Gasteiger partial charge < -0.3 is 4.74 Å². The van der Waals surface area contributed by atoms with Crippen LogP contribution in [0.1, 0.15) is 19.8 Å². The molecule has 0 aromatic heterocycles. The quantitative estimate of drug-likeness (QED) is 0.528. The average molecular weight is 192 g/mol. The zero-order valence-corrected chi connectivity index (χ0v) is 8.22. The van der Waals surface area contributed by atoms with Crippen LogP contribution >= 0.6 is 0 Å². The van der Waals surface area contributed by atoms with Gasteiger partial charge in [0.1, 0.15) is 0 Å². The normalized spacial score (nSPS) is 9.00. The molecular weight excluding hydrogens is 179 g/mol. The fourth-order valence-electron chi connectivity index (χ4n) is 0.987. The Kier molecular flexibility index (Phi) is 4.57. The average Bonchev–Trinajstić information content (AvgIpc) is 2.20. The van der Waals surface area contributed by atoms with Crippen molar-refractivity contribution in [1.29, 1.82) is 0 Å². The van der Waals surface area contributed by atoms with Crippen molar-refractivity contribution >= 4 is 0 Å². The van der Waals surface area contributed by atoms with Crippen LogP contribution in [0, 0.1) is 17.7 Å². The van der Waals surface area contributed by atoms with E-state index in [1.54, 1.807) is 18.2 Å². The standard InChI is InChI=1S/C12H13FO/c1-2-3-4-7-10-14-12-9-6-5-8-11(12)13/h5-6,8-9H,2,7,10H2,1H3. The van der Waals surface area contributed by atoms with E-state index in [-0.39, 0.29) is 5.82 Å². The van der Waals surface area contributed by atoms with Gasteiger partial charge in [0, 0.05) is 12.8 Å². The molecule has 14 heavy (non-hydrogen) atoms. The van der Waals surface area contributed by atoms with E-state index in [0.717, 1.165) is 6.42 Å². The first-order valence-corrected chi connectivity index (χ1v) is 4.67. The number of halogens is 1. The third kappa shape index (κ3) is 3.49. The van der Waals surface area contributed by atoms with Gasteiger partial charge in [-0.25, -0.2) is 4.39 Å². The minimum Gasteiger partial charge on any atom is -0.490 e. The van der Waals surface area contributed by atoms with Crippen LogP contribution in [-0.4, -0.2) is 6.61 Å².